The molecule has 3 rings (SSSR count). The summed E-state index contributed by atoms with van der Waals surface area (Å²) in [5.74, 6) is 1.87. The Morgan fingerprint density at radius 1 is 0.870 bits per heavy atom. The monoisotopic (exact) mass is 305 g/mol. The van der Waals surface area contributed by atoms with E-state index in [1.807, 2.05) is 24.3 Å². The lowest BCUT2D eigenvalue weighted by atomic mass is 10.1. The third-order valence-corrected chi connectivity index (χ3v) is 4.05. The van der Waals surface area contributed by atoms with Crippen molar-refractivity contribution in [2.75, 3.05) is 18.5 Å². The lowest BCUT2D eigenvalue weighted by Gasteiger charge is -2.17. The molecule has 0 aliphatic heterocycles. The molecule has 0 fully saturated rings. The smallest absolute Gasteiger partial charge is 0.203 e. The lowest BCUT2D eigenvalue weighted by Crippen LogP contribution is -2.18. The van der Waals surface area contributed by atoms with Crippen LogP contribution in [-0.2, 0) is 0 Å². The molecule has 0 saturated heterocycles. The molecule has 3 aromatic rings. The van der Waals surface area contributed by atoms with E-state index in [0.717, 1.165) is 35.7 Å². The van der Waals surface area contributed by atoms with Gasteiger partial charge in [-0.25, -0.2) is 0 Å². The fourth-order valence-corrected chi connectivity index (χ4v) is 2.73. The molecule has 0 aliphatic rings. The van der Waals surface area contributed by atoms with Crippen molar-refractivity contribution in [3.8, 4) is 22.5 Å². The van der Waals surface area contributed by atoms with Crippen molar-refractivity contribution in [1.29, 1.82) is 0 Å². The summed E-state index contributed by atoms with van der Waals surface area (Å²) >= 11 is 0. The second-order valence-electron chi connectivity index (χ2n) is 5.84. The van der Waals surface area contributed by atoms with E-state index in [1.54, 1.807) is 0 Å². The highest BCUT2D eigenvalue weighted by Gasteiger charge is 2.17. The average Bonchev–Trinajstić information content (AvgIpc) is 3.07. The van der Waals surface area contributed by atoms with Gasteiger partial charge in [0.05, 0.1) is 0 Å². The zero-order chi connectivity index (χ0) is 16.1. The van der Waals surface area contributed by atoms with E-state index in [1.165, 1.54) is 12.0 Å². The van der Waals surface area contributed by atoms with E-state index >= 15 is 0 Å². The highest BCUT2D eigenvalue weighted by atomic mass is 16.4. The first kappa shape index (κ1) is 15.4. The van der Waals surface area contributed by atoms with E-state index < -0.39 is 0 Å². The SMILES string of the molecule is CCCCN(C)c1oc(-c2ccccc2)cc1-c1ccccc1. The molecule has 118 valence electrons. The van der Waals surface area contributed by atoms with Crippen LogP contribution in [0, 0.1) is 0 Å². The number of benzene rings is 2. The second-order valence-corrected chi connectivity index (χ2v) is 5.84. The van der Waals surface area contributed by atoms with Gasteiger partial charge in [-0.2, -0.15) is 0 Å². The van der Waals surface area contributed by atoms with Crippen LogP contribution in [0.15, 0.2) is 71.1 Å². The zero-order valence-electron chi connectivity index (χ0n) is 13.8. The molecule has 2 aromatic carbocycles. The molecule has 1 heterocycles. The molecule has 0 atom stereocenters. The Morgan fingerprint density at radius 3 is 2.09 bits per heavy atom. The minimum Gasteiger partial charge on any atom is -0.440 e. The number of nitrogens with zero attached hydrogens (tertiary/aromatic N) is 1. The molecule has 0 bridgehead atoms. The second kappa shape index (κ2) is 7.19. The fourth-order valence-electron chi connectivity index (χ4n) is 2.73. The molecular weight excluding hydrogens is 282 g/mol. The maximum absolute atomic E-state index is 6.24. The van der Waals surface area contributed by atoms with Gasteiger partial charge in [0.15, 0.2) is 0 Å². The van der Waals surface area contributed by atoms with Gasteiger partial charge in [-0.3, -0.25) is 0 Å². The number of furan rings is 1. The van der Waals surface area contributed by atoms with Crippen molar-refractivity contribution in [2.24, 2.45) is 0 Å². The van der Waals surface area contributed by atoms with Crippen LogP contribution in [0.4, 0.5) is 5.88 Å². The summed E-state index contributed by atoms with van der Waals surface area (Å²) in [6.07, 6.45) is 2.34. The predicted octanol–water partition coefficient (Wildman–Crippen LogP) is 5.85. The summed E-state index contributed by atoms with van der Waals surface area (Å²) < 4.78 is 6.24. The Hall–Kier alpha value is -2.48. The van der Waals surface area contributed by atoms with Gasteiger partial charge in [0.2, 0.25) is 5.88 Å². The fraction of sp³-hybridized carbons (Fsp3) is 0.238. The van der Waals surface area contributed by atoms with Gasteiger partial charge in [-0.05, 0) is 18.1 Å². The van der Waals surface area contributed by atoms with Crippen molar-refractivity contribution >= 4 is 5.88 Å². The third kappa shape index (κ3) is 3.48. The first-order valence-electron chi connectivity index (χ1n) is 8.25. The number of hydrogen-bond acceptors (Lipinski definition) is 2. The van der Waals surface area contributed by atoms with Gasteiger partial charge in [0.25, 0.3) is 0 Å². The number of unbranched alkanes of at least 4 members (excludes halogenated alkanes) is 1. The van der Waals surface area contributed by atoms with Gasteiger partial charge in [0.1, 0.15) is 5.76 Å². The summed E-state index contributed by atoms with van der Waals surface area (Å²) in [7, 11) is 2.11. The largest absolute Gasteiger partial charge is 0.440 e. The summed E-state index contributed by atoms with van der Waals surface area (Å²) in [5, 5.41) is 0. The molecule has 1 aromatic heterocycles. The van der Waals surface area contributed by atoms with Crippen molar-refractivity contribution in [2.45, 2.75) is 19.8 Å². The number of anilines is 1. The van der Waals surface area contributed by atoms with E-state index in [0.29, 0.717) is 0 Å². The molecule has 0 N–H and O–H groups in total. The Labute approximate surface area is 138 Å². The van der Waals surface area contributed by atoms with Gasteiger partial charge >= 0.3 is 0 Å². The quantitative estimate of drug-likeness (QED) is 0.568. The van der Waals surface area contributed by atoms with Gasteiger partial charge in [-0.1, -0.05) is 74.0 Å². The van der Waals surface area contributed by atoms with Crippen molar-refractivity contribution < 1.29 is 4.42 Å². The standard InChI is InChI=1S/C21H23NO/c1-3-4-15-22(2)21-19(17-11-7-5-8-12-17)16-20(23-21)18-13-9-6-10-14-18/h5-14,16H,3-4,15H2,1-2H3. The molecule has 0 spiro atoms. The van der Waals surface area contributed by atoms with E-state index in [4.69, 9.17) is 4.42 Å². The minimum absolute atomic E-state index is 0.919. The van der Waals surface area contributed by atoms with Crippen LogP contribution < -0.4 is 4.90 Å². The van der Waals surface area contributed by atoms with Crippen molar-refractivity contribution in [3.05, 3.63) is 66.7 Å². The summed E-state index contributed by atoms with van der Waals surface area (Å²) in [4.78, 5) is 2.22. The van der Waals surface area contributed by atoms with Crippen LogP contribution in [0.5, 0.6) is 0 Å². The lowest BCUT2D eigenvalue weighted by molar-refractivity contribution is 0.564. The Kier molecular flexibility index (Phi) is 4.82. The molecule has 0 amide bonds. The third-order valence-electron chi connectivity index (χ3n) is 4.05. The Bertz CT molecular complexity index is 731. The zero-order valence-corrected chi connectivity index (χ0v) is 13.8. The van der Waals surface area contributed by atoms with Gasteiger partial charge in [-0.15, -0.1) is 0 Å². The Morgan fingerprint density at radius 2 is 1.48 bits per heavy atom. The van der Waals surface area contributed by atoms with Crippen LogP contribution in [-0.4, -0.2) is 13.6 Å². The van der Waals surface area contributed by atoms with Gasteiger partial charge < -0.3 is 9.32 Å². The highest BCUT2D eigenvalue weighted by molar-refractivity contribution is 5.80. The summed E-state index contributed by atoms with van der Waals surface area (Å²) in [5.41, 5.74) is 3.46. The highest BCUT2D eigenvalue weighted by Crippen LogP contribution is 2.37. The molecule has 0 unspecified atom stereocenters. The van der Waals surface area contributed by atoms with E-state index in [9.17, 15) is 0 Å². The molecule has 2 heteroatoms. The van der Waals surface area contributed by atoms with Crippen LogP contribution in [0.1, 0.15) is 19.8 Å². The number of hydrogen-bond donors (Lipinski definition) is 0. The molecule has 0 aliphatic carbocycles. The maximum atomic E-state index is 6.24. The van der Waals surface area contributed by atoms with E-state index in [2.05, 4.69) is 61.3 Å². The van der Waals surface area contributed by atoms with Crippen LogP contribution >= 0.6 is 0 Å². The average molecular weight is 305 g/mol. The molecule has 0 radical (unpaired) electrons. The van der Waals surface area contributed by atoms with E-state index in [-0.39, 0.29) is 0 Å². The molecular formula is C21H23NO. The van der Waals surface area contributed by atoms with Crippen LogP contribution in [0.2, 0.25) is 0 Å². The molecule has 23 heavy (non-hydrogen) atoms. The topological polar surface area (TPSA) is 16.4 Å². The maximum Gasteiger partial charge on any atom is 0.203 e. The van der Waals surface area contributed by atoms with Crippen molar-refractivity contribution in [3.63, 3.8) is 0 Å². The summed E-state index contributed by atoms with van der Waals surface area (Å²) in [6, 6.07) is 22.9. The first-order valence-corrected chi connectivity index (χ1v) is 8.25. The number of rotatable bonds is 6. The van der Waals surface area contributed by atoms with Crippen LogP contribution in [0.3, 0.4) is 0 Å². The Balaban J connectivity index is 2.03. The predicted molar refractivity (Wildman–Crippen MR) is 97.8 cm³/mol. The first-order chi connectivity index (χ1) is 11.3. The molecule has 2 nitrogen and oxygen atoms in total. The molecule has 0 saturated carbocycles. The van der Waals surface area contributed by atoms with Crippen molar-refractivity contribution in [1.82, 2.24) is 0 Å². The normalized spacial score (nSPS) is 10.7. The minimum atomic E-state index is 0.919. The summed E-state index contributed by atoms with van der Waals surface area (Å²) in [6.45, 7) is 3.21. The van der Waals surface area contributed by atoms with Gasteiger partial charge in [0, 0.05) is 24.7 Å². The van der Waals surface area contributed by atoms with Crippen LogP contribution in [0.25, 0.3) is 22.5 Å².